The first kappa shape index (κ1) is 13.0. The van der Waals surface area contributed by atoms with Crippen molar-refractivity contribution in [2.75, 3.05) is 13.1 Å². The molecule has 0 unspecified atom stereocenters. The number of aromatic nitrogens is 1. The van der Waals surface area contributed by atoms with E-state index in [0.717, 1.165) is 37.1 Å². The number of carbonyl (C=O) groups is 1. The highest BCUT2D eigenvalue weighted by atomic mass is 16.2. The van der Waals surface area contributed by atoms with Crippen LogP contribution in [-0.4, -0.2) is 24.0 Å². The van der Waals surface area contributed by atoms with Crippen LogP contribution in [0.15, 0.2) is 18.5 Å². The largest absolute Gasteiger partial charge is 0.352 e. The predicted molar refractivity (Wildman–Crippen MR) is 71.0 cm³/mol. The quantitative estimate of drug-likeness (QED) is 0.849. The van der Waals surface area contributed by atoms with Crippen molar-refractivity contribution < 1.29 is 4.79 Å². The Morgan fingerprint density at radius 1 is 1.50 bits per heavy atom. The van der Waals surface area contributed by atoms with Crippen molar-refractivity contribution in [2.45, 2.75) is 33.2 Å². The number of pyridine rings is 1. The Balaban J connectivity index is 1.94. The van der Waals surface area contributed by atoms with Crippen molar-refractivity contribution in [1.29, 1.82) is 0 Å². The second kappa shape index (κ2) is 5.48. The second-order valence-corrected chi connectivity index (χ2v) is 5.30. The fourth-order valence-electron chi connectivity index (χ4n) is 2.30. The number of rotatable bonds is 3. The van der Waals surface area contributed by atoms with Crippen molar-refractivity contribution >= 4 is 5.91 Å². The van der Waals surface area contributed by atoms with Crippen molar-refractivity contribution in [3.05, 3.63) is 29.6 Å². The van der Waals surface area contributed by atoms with E-state index in [1.165, 1.54) is 0 Å². The predicted octanol–water partition coefficient (Wildman–Crippen LogP) is 1.40. The molecule has 0 atom stereocenters. The van der Waals surface area contributed by atoms with Crippen LogP contribution in [0.2, 0.25) is 0 Å². The molecule has 0 bridgehead atoms. The van der Waals surface area contributed by atoms with Crippen molar-refractivity contribution in [2.24, 2.45) is 5.41 Å². The SMILES string of the molecule is Cc1cnccc1CNC(=O)C1(C)CCNCC1. The summed E-state index contributed by atoms with van der Waals surface area (Å²) in [5.74, 6) is 0.167. The summed E-state index contributed by atoms with van der Waals surface area (Å²) in [6.07, 6.45) is 5.41. The zero-order chi connectivity index (χ0) is 13.0. The van der Waals surface area contributed by atoms with Crippen LogP contribution in [0, 0.1) is 12.3 Å². The summed E-state index contributed by atoms with van der Waals surface area (Å²) in [7, 11) is 0. The van der Waals surface area contributed by atoms with E-state index < -0.39 is 0 Å². The molecule has 1 aliphatic heterocycles. The van der Waals surface area contributed by atoms with Gasteiger partial charge in [0, 0.05) is 24.4 Å². The van der Waals surface area contributed by atoms with Crippen molar-refractivity contribution in [3.63, 3.8) is 0 Å². The van der Waals surface area contributed by atoms with Gasteiger partial charge in [0.05, 0.1) is 0 Å². The normalized spacial score (nSPS) is 18.3. The van der Waals surface area contributed by atoms with Gasteiger partial charge in [-0.05, 0) is 50.0 Å². The van der Waals surface area contributed by atoms with Gasteiger partial charge >= 0.3 is 0 Å². The summed E-state index contributed by atoms with van der Waals surface area (Å²) >= 11 is 0. The van der Waals surface area contributed by atoms with Crippen LogP contribution in [0.4, 0.5) is 0 Å². The minimum Gasteiger partial charge on any atom is -0.352 e. The lowest BCUT2D eigenvalue weighted by molar-refractivity contribution is -0.131. The number of nitrogens with one attached hydrogen (secondary N) is 2. The molecule has 1 saturated heterocycles. The number of aryl methyl sites for hydroxylation is 1. The molecule has 2 heterocycles. The first-order valence-corrected chi connectivity index (χ1v) is 6.50. The Hall–Kier alpha value is -1.42. The van der Waals surface area contributed by atoms with E-state index in [0.29, 0.717) is 6.54 Å². The van der Waals surface area contributed by atoms with Gasteiger partial charge in [0.1, 0.15) is 0 Å². The molecular formula is C14H21N3O. The van der Waals surface area contributed by atoms with Crippen LogP contribution < -0.4 is 10.6 Å². The number of piperidine rings is 1. The number of carbonyl (C=O) groups excluding carboxylic acids is 1. The van der Waals surface area contributed by atoms with E-state index in [-0.39, 0.29) is 11.3 Å². The Kier molecular flexibility index (Phi) is 3.97. The van der Waals surface area contributed by atoms with E-state index in [1.54, 1.807) is 6.20 Å². The molecule has 0 aromatic carbocycles. The van der Waals surface area contributed by atoms with Gasteiger partial charge in [-0.2, -0.15) is 0 Å². The molecule has 0 aliphatic carbocycles. The summed E-state index contributed by atoms with van der Waals surface area (Å²) in [6, 6.07) is 1.96. The maximum Gasteiger partial charge on any atom is 0.226 e. The third-order valence-electron chi connectivity index (χ3n) is 3.83. The van der Waals surface area contributed by atoms with E-state index in [1.807, 2.05) is 19.2 Å². The van der Waals surface area contributed by atoms with Gasteiger partial charge in [0.25, 0.3) is 0 Å². The molecule has 0 saturated carbocycles. The Morgan fingerprint density at radius 2 is 2.22 bits per heavy atom. The number of hydrogen-bond donors (Lipinski definition) is 2. The molecule has 2 rings (SSSR count). The molecular weight excluding hydrogens is 226 g/mol. The van der Waals surface area contributed by atoms with E-state index in [9.17, 15) is 4.79 Å². The van der Waals surface area contributed by atoms with Crippen LogP contribution in [0.25, 0.3) is 0 Å². The van der Waals surface area contributed by atoms with E-state index in [2.05, 4.69) is 22.5 Å². The van der Waals surface area contributed by atoms with E-state index >= 15 is 0 Å². The molecule has 1 fully saturated rings. The highest BCUT2D eigenvalue weighted by Gasteiger charge is 2.34. The molecule has 1 aliphatic rings. The van der Waals surface area contributed by atoms with Gasteiger partial charge in [-0.3, -0.25) is 9.78 Å². The van der Waals surface area contributed by atoms with Crippen LogP contribution in [-0.2, 0) is 11.3 Å². The minimum atomic E-state index is -0.216. The highest BCUT2D eigenvalue weighted by molar-refractivity contribution is 5.82. The Labute approximate surface area is 108 Å². The summed E-state index contributed by atoms with van der Waals surface area (Å²) in [5, 5.41) is 6.34. The fraction of sp³-hybridized carbons (Fsp3) is 0.571. The smallest absolute Gasteiger partial charge is 0.226 e. The summed E-state index contributed by atoms with van der Waals surface area (Å²) in [5.41, 5.74) is 2.04. The highest BCUT2D eigenvalue weighted by Crippen LogP contribution is 2.28. The molecule has 4 nitrogen and oxygen atoms in total. The molecule has 18 heavy (non-hydrogen) atoms. The average Bonchev–Trinajstić information content (AvgIpc) is 2.38. The second-order valence-electron chi connectivity index (χ2n) is 5.30. The molecule has 0 spiro atoms. The van der Waals surface area contributed by atoms with Gasteiger partial charge in [-0.15, -0.1) is 0 Å². The van der Waals surface area contributed by atoms with Crippen molar-refractivity contribution in [3.8, 4) is 0 Å². The summed E-state index contributed by atoms with van der Waals surface area (Å²) in [4.78, 5) is 16.3. The molecule has 1 aromatic heterocycles. The van der Waals surface area contributed by atoms with Crippen LogP contribution in [0.3, 0.4) is 0 Å². The Bertz CT molecular complexity index is 425. The lowest BCUT2D eigenvalue weighted by atomic mass is 9.80. The van der Waals surface area contributed by atoms with Crippen molar-refractivity contribution in [1.82, 2.24) is 15.6 Å². The monoisotopic (exact) mass is 247 g/mol. The maximum absolute atomic E-state index is 12.2. The van der Waals surface area contributed by atoms with Crippen LogP contribution in [0.1, 0.15) is 30.9 Å². The molecule has 1 amide bonds. The topological polar surface area (TPSA) is 54.0 Å². The van der Waals surface area contributed by atoms with Crippen LogP contribution >= 0.6 is 0 Å². The fourth-order valence-corrected chi connectivity index (χ4v) is 2.30. The molecule has 4 heteroatoms. The number of amides is 1. The van der Waals surface area contributed by atoms with Crippen LogP contribution in [0.5, 0.6) is 0 Å². The van der Waals surface area contributed by atoms with Gasteiger partial charge < -0.3 is 10.6 Å². The average molecular weight is 247 g/mol. The summed E-state index contributed by atoms with van der Waals surface area (Å²) < 4.78 is 0. The van der Waals surface area contributed by atoms with Gasteiger partial charge in [-0.25, -0.2) is 0 Å². The van der Waals surface area contributed by atoms with Gasteiger partial charge in [0.2, 0.25) is 5.91 Å². The first-order valence-electron chi connectivity index (χ1n) is 6.50. The zero-order valence-electron chi connectivity index (χ0n) is 11.1. The zero-order valence-corrected chi connectivity index (χ0v) is 11.1. The van der Waals surface area contributed by atoms with E-state index in [4.69, 9.17) is 0 Å². The third-order valence-corrected chi connectivity index (χ3v) is 3.83. The van der Waals surface area contributed by atoms with Gasteiger partial charge in [0.15, 0.2) is 0 Å². The number of hydrogen-bond acceptors (Lipinski definition) is 3. The maximum atomic E-state index is 12.2. The molecule has 1 aromatic rings. The first-order chi connectivity index (χ1) is 8.62. The van der Waals surface area contributed by atoms with Gasteiger partial charge in [-0.1, -0.05) is 6.92 Å². The standard InChI is InChI=1S/C14H21N3O/c1-11-9-16-6-3-12(11)10-17-13(18)14(2)4-7-15-8-5-14/h3,6,9,15H,4-5,7-8,10H2,1-2H3,(H,17,18). The molecule has 0 radical (unpaired) electrons. The molecule has 98 valence electrons. The Morgan fingerprint density at radius 3 is 2.89 bits per heavy atom. The lowest BCUT2D eigenvalue weighted by Gasteiger charge is -2.32. The molecule has 2 N–H and O–H groups in total. The minimum absolute atomic E-state index is 0.167. The third kappa shape index (κ3) is 2.88. The lowest BCUT2D eigenvalue weighted by Crippen LogP contribution is -2.45. The summed E-state index contributed by atoms with van der Waals surface area (Å²) in [6.45, 7) is 6.52. The number of nitrogens with zero attached hydrogens (tertiary/aromatic N) is 1.